The lowest BCUT2D eigenvalue weighted by atomic mass is 10.9. The van der Waals surface area contributed by atoms with E-state index in [4.69, 9.17) is 0 Å². The fraction of sp³-hybridized carbons (Fsp3) is 0.500. The van der Waals surface area contributed by atoms with Gasteiger partial charge in [0.05, 0.1) is 6.33 Å². The number of hydrogen-bond donors (Lipinski definition) is 0. The number of aromatic nitrogens is 2. The number of rotatable bonds is 0. The molecule has 0 aliphatic heterocycles. The second-order valence-electron chi connectivity index (χ2n) is 1.50. The Hall–Kier alpha value is -0.310. The van der Waals surface area contributed by atoms with Crippen LogP contribution in [0.1, 0.15) is 6.92 Å². The molecule has 1 aromatic heterocycles. The summed E-state index contributed by atoms with van der Waals surface area (Å²) in [5, 5.41) is 1.06. The van der Waals surface area contributed by atoms with Crippen LogP contribution in [0.3, 0.4) is 0 Å². The molecule has 52 valence electrons. The highest BCUT2D eigenvalue weighted by molar-refractivity contribution is 9.09. The Morgan fingerprint density at radius 2 is 2.22 bits per heavy atom. The molecule has 0 atom stereocenters. The van der Waals surface area contributed by atoms with Gasteiger partial charge in [-0.3, -0.25) is 0 Å². The van der Waals surface area contributed by atoms with Crippen molar-refractivity contribution in [2.45, 2.75) is 6.92 Å². The molecule has 0 radical (unpaired) electrons. The molecule has 1 heterocycles. The molecule has 0 saturated heterocycles. The van der Waals surface area contributed by atoms with Gasteiger partial charge in [-0.2, -0.15) is 0 Å². The summed E-state index contributed by atoms with van der Waals surface area (Å²) in [5.41, 5.74) is 0. The van der Waals surface area contributed by atoms with E-state index in [1.54, 1.807) is 12.5 Å². The zero-order chi connectivity index (χ0) is 7.11. The van der Waals surface area contributed by atoms with E-state index in [2.05, 4.69) is 20.9 Å². The van der Waals surface area contributed by atoms with E-state index in [1.807, 2.05) is 24.7 Å². The van der Waals surface area contributed by atoms with E-state index >= 15 is 0 Å². The minimum atomic E-state index is 1.06. The summed E-state index contributed by atoms with van der Waals surface area (Å²) in [4.78, 5) is 3.78. The van der Waals surface area contributed by atoms with Crippen LogP contribution in [0.25, 0.3) is 0 Å². The monoisotopic (exact) mass is 190 g/mol. The van der Waals surface area contributed by atoms with Crippen molar-refractivity contribution in [1.29, 1.82) is 0 Å². The van der Waals surface area contributed by atoms with Crippen LogP contribution < -0.4 is 0 Å². The average molecular weight is 191 g/mol. The first-order chi connectivity index (χ1) is 4.31. The molecule has 0 N–H and O–H groups in total. The number of nitrogens with zero attached hydrogens (tertiary/aromatic N) is 2. The summed E-state index contributed by atoms with van der Waals surface area (Å²) in [7, 11) is 1.94. The smallest absolute Gasteiger partial charge is 0.0943 e. The van der Waals surface area contributed by atoms with Gasteiger partial charge < -0.3 is 4.57 Å². The molecule has 2 nitrogen and oxygen atoms in total. The lowest BCUT2D eigenvalue weighted by Crippen LogP contribution is -1.76. The van der Waals surface area contributed by atoms with Gasteiger partial charge in [-0.1, -0.05) is 22.9 Å². The van der Waals surface area contributed by atoms with Crippen LogP contribution in [0, 0.1) is 0 Å². The fourth-order valence-electron chi connectivity index (χ4n) is 0.326. The third-order valence-electron chi connectivity index (χ3n) is 0.637. The van der Waals surface area contributed by atoms with Crippen LogP contribution >= 0.6 is 15.9 Å². The summed E-state index contributed by atoms with van der Waals surface area (Å²) >= 11 is 3.15. The SMILES string of the molecule is CCBr.Cn1ccnc1. The van der Waals surface area contributed by atoms with Gasteiger partial charge in [0.2, 0.25) is 0 Å². The first-order valence-electron chi connectivity index (χ1n) is 2.79. The molecule has 0 amide bonds. The van der Waals surface area contributed by atoms with Gasteiger partial charge in [-0.25, -0.2) is 4.98 Å². The zero-order valence-corrected chi connectivity index (χ0v) is 7.30. The molecule has 0 bridgehead atoms. The lowest BCUT2D eigenvalue weighted by Gasteiger charge is -1.76. The van der Waals surface area contributed by atoms with Gasteiger partial charge in [-0.15, -0.1) is 0 Å². The van der Waals surface area contributed by atoms with Crippen molar-refractivity contribution in [2.24, 2.45) is 7.05 Å². The predicted octanol–water partition coefficient (Wildman–Crippen LogP) is 1.82. The van der Waals surface area contributed by atoms with Gasteiger partial charge in [0, 0.05) is 24.8 Å². The van der Waals surface area contributed by atoms with Crippen LogP contribution in [0.2, 0.25) is 0 Å². The molecular weight excluding hydrogens is 180 g/mol. The normalized spacial score (nSPS) is 7.89. The van der Waals surface area contributed by atoms with Gasteiger partial charge in [-0.05, 0) is 0 Å². The molecule has 0 aliphatic carbocycles. The van der Waals surface area contributed by atoms with E-state index < -0.39 is 0 Å². The van der Waals surface area contributed by atoms with Crippen molar-refractivity contribution < 1.29 is 0 Å². The number of alkyl halides is 1. The average Bonchev–Trinajstić information content (AvgIpc) is 2.20. The van der Waals surface area contributed by atoms with Crippen LogP contribution in [-0.4, -0.2) is 14.9 Å². The Morgan fingerprint density at radius 3 is 2.33 bits per heavy atom. The molecule has 0 unspecified atom stereocenters. The number of aryl methyl sites for hydroxylation is 1. The third-order valence-corrected chi connectivity index (χ3v) is 0.637. The summed E-state index contributed by atoms with van der Waals surface area (Å²) < 4.78 is 1.89. The maximum atomic E-state index is 3.78. The first-order valence-corrected chi connectivity index (χ1v) is 3.91. The molecule has 0 aliphatic rings. The standard InChI is InChI=1S/C4H6N2.C2H5Br/c1-6-3-2-5-4-6;1-2-3/h2-4H,1H3;2H2,1H3. The van der Waals surface area contributed by atoms with Crippen molar-refractivity contribution in [2.75, 3.05) is 5.33 Å². The van der Waals surface area contributed by atoms with Crippen LogP contribution in [0.5, 0.6) is 0 Å². The first kappa shape index (κ1) is 8.69. The quantitative estimate of drug-likeness (QED) is 0.572. The van der Waals surface area contributed by atoms with Gasteiger partial charge in [0.15, 0.2) is 0 Å². The summed E-state index contributed by atoms with van der Waals surface area (Å²) in [5.74, 6) is 0. The molecule has 3 heteroatoms. The summed E-state index contributed by atoms with van der Waals surface area (Å²) in [6.07, 6.45) is 5.39. The van der Waals surface area contributed by atoms with Crippen molar-refractivity contribution in [3.8, 4) is 0 Å². The highest BCUT2D eigenvalue weighted by Gasteiger charge is 1.69. The van der Waals surface area contributed by atoms with Crippen molar-refractivity contribution in [3.63, 3.8) is 0 Å². The predicted molar refractivity (Wildman–Crippen MR) is 42.7 cm³/mol. The Morgan fingerprint density at radius 1 is 1.67 bits per heavy atom. The molecule has 0 aromatic carbocycles. The Labute approximate surface area is 64.0 Å². The van der Waals surface area contributed by atoms with E-state index in [0.29, 0.717) is 0 Å². The van der Waals surface area contributed by atoms with Gasteiger partial charge in [0.25, 0.3) is 0 Å². The van der Waals surface area contributed by atoms with Crippen molar-refractivity contribution >= 4 is 15.9 Å². The minimum Gasteiger partial charge on any atom is -0.341 e. The molecular formula is C6H11BrN2. The van der Waals surface area contributed by atoms with E-state index in [0.717, 1.165) is 5.33 Å². The largest absolute Gasteiger partial charge is 0.341 e. The van der Waals surface area contributed by atoms with Crippen LogP contribution in [0.4, 0.5) is 0 Å². The molecule has 9 heavy (non-hydrogen) atoms. The lowest BCUT2D eigenvalue weighted by molar-refractivity contribution is 0.913. The zero-order valence-electron chi connectivity index (χ0n) is 5.71. The molecule has 0 spiro atoms. The van der Waals surface area contributed by atoms with Crippen molar-refractivity contribution in [1.82, 2.24) is 9.55 Å². The number of imidazole rings is 1. The highest BCUT2D eigenvalue weighted by Crippen LogP contribution is 1.73. The van der Waals surface area contributed by atoms with Gasteiger partial charge in [0.1, 0.15) is 0 Å². The van der Waals surface area contributed by atoms with Crippen LogP contribution in [-0.2, 0) is 7.05 Å². The second kappa shape index (κ2) is 5.82. The minimum absolute atomic E-state index is 1.06. The fourth-order valence-corrected chi connectivity index (χ4v) is 0.326. The molecule has 1 rings (SSSR count). The number of hydrogen-bond acceptors (Lipinski definition) is 1. The van der Waals surface area contributed by atoms with E-state index in [1.165, 1.54) is 0 Å². The Kier molecular flexibility index (Phi) is 5.62. The van der Waals surface area contributed by atoms with Crippen molar-refractivity contribution in [3.05, 3.63) is 18.7 Å². The molecule has 0 fully saturated rings. The number of halogens is 1. The topological polar surface area (TPSA) is 17.8 Å². The molecule has 1 aromatic rings. The van der Waals surface area contributed by atoms with E-state index in [-0.39, 0.29) is 0 Å². The van der Waals surface area contributed by atoms with E-state index in [9.17, 15) is 0 Å². The highest BCUT2D eigenvalue weighted by atomic mass is 79.9. The second-order valence-corrected chi connectivity index (χ2v) is 2.62. The van der Waals surface area contributed by atoms with Crippen LogP contribution in [0.15, 0.2) is 18.7 Å². The maximum Gasteiger partial charge on any atom is 0.0943 e. The Bertz CT molecular complexity index is 126. The molecule has 0 saturated carbocycles. The summed E-state index contributed by atoms with van der Waals surface area (Å²) in [6.45, 7) is 2.04. The Balaban J connectivity index is 0.000000187. The summed E-state index contributed by atoms with van der Waals surface area (Å²) in [6, 6.07) is 0. The third kappa shape index (κ3) is 5.56. The van der Waals surface area contributed by atoms with Gasteiger partial charge >= 0.3 is 0 Å². The maximum absolute atomic E-state index is 3.78.